The molecule has 0 spiro atoms. The minimum absolute atomic E-state index is 0.0749. The Morgan fingerprint density at radius 3 is 2.90 bits per heavy atom. The molecular formula is C21H25N3O4S. The summed E-state index contributed by atoms with van der Waals surface area (Å²) in [6, 6.07) is 8.89. The van der Waals surface area contributed by atoms with E-state index in [0.717, 1.165) is 29.5 Å². The molecule has 154 valence electrons. The minimum Gasteiger partial charge on any atom is -0.381 e. The van der Waals surface area contributed by atoms with Crippen LogP contribution in [0, 0.1) is 5.92 Å². The molecule has 2 aromatic rings. The third-order valence-corrected chi connectivity index (χ3v) is 7.42. The van der Waals surface area contributed by atoms with E-state index in [0.29, 0.717) is 26.3 Å². The fourth-order valence-electron chi connectivity index (χ4n) is 3.88. The van der Waals surface area contributed by atoms with Crippen LogP contribution in [-0.2, 0) is 39.1 Å². The Hall–Kier alpha value is -2.29. The van der Waals surface area contributed by atoms with E-state index in [1.165, 1.54) is 4.31 Å². The normalized spacial score (nSPS) is 19.4. The van der Waals surface area contributed by atoms with Gasteiger partial charge in [0.05, 0.1) is 17.4 Å². The van der Waals surface area contributed by atoms with Crippen LogP contribution in [0.3, 0.4) is 0 Å². The van der Waals surface area contributed by atoms with E-state index < -0.39 is 10.0 Å². The summed E-state index contributed by atoms with van der Waals surface area (Å²) in [6.07, 6.45) is 4.82. The number of pyridine rings is 1. The average Bonchev–Trinajstić information content (AvgIpc) is 3.28. The molecule has 1 unspecified atom stereocenters. The molecule has 0 radical (unpaired) electrons. The Balaban J connectivity index is 1.52. The average molecular weight is 416 g/mol. The number of carbonyl (C=O) groups excluding carboxylic acids is 1. The van der Waals surface area contributed by atoms with E-state index >= 15 is 0 Å². The van der Waals surface area contributed by atoms with Crippen molar-refractivity contribution in [2.45, 2.75) is 30.8 Å². The number of benzene rings is 1. The van der Waals surface area contributed by atoms with Gasteiger partial charge in [0.1, 0.15) is 0 Å². The second kappa shape index (κ2) is 8.22. The molecule has 1 saturated heterocycles. The number of rotatable bonds is 5. The number of nitrogens with zero attached hydrogens (tertiary/aromatic N) is 3. The standard InChI is InChI=1S/C21H25N3O4S/c1-23(13-16-3-2-8-22-12-16)29(26,27)20-5-4-17-6-9-24(14-19(17)11-20)21(25)18-7-10-28-15-18/h2-5,8,11-12,18H,6-7,9-10,13-15H2,1H3. The van der Waals surface area contributed by atoms with Crippen molar-refractivity contribution in [3.63, 3.8) is 0 Å². The summed E-state index contributed by atoms with van der Waals surface area (Å²) in [6.45, 7) is 2.47. The van der Waals surface area contributed by atoms with Gasteiger partial charge in [-0.3, -0.25) is 9.78 Å². The molecule has 2 aliphatic rings. The largest absolute Gasteiger partial charge is 0.381 e. The smallest absolute Gasteiger partial charge is 0.243 e. The third kappa shape index (κ3) is 4.19. The number of aromatic nitrogens is 1. The molecule has 0 N–H and O–H groups in total. The van der Waals surface area contributed by atoms with Crippen molar-refractivity contribution in [3.05, 3.63) is 59.4 Å². The Bertz CT molecular complexity index is 988. The van der Waals surface area contributed by atoms with Crippen molar-refractivity contribution in [3.8, 4) is 0 Å². The van der Waals surface area contributed by atoms with E-state index in [9.17, 15) is 13.2 Å². The number of hydrogen-bond donors (Lipinski definition) is 0. The van der Waals surface area contributed by atoms with Crippen LogP contribution in [0.15, 0.2) is 47.6 Å². The van der Waals surface area contributed by atoms with Crippen molar-refractivity contribution in [2.24, 2.45) is 5.92 Å². The van der Waals surface area contributed by atoms with Gasteiger partial charge in [-0.1, -0.05) is 12.1 Å². The molecule has 3 heterocycles. The highest BCUT2D eigenvalue weighted by Crippen LogP contribution is 2.26. The van der Waals surface area contributed by atoms with Gasteiger partial charge in [0, 0.05) is 45.7 Å². The van der Waals surface area contributed by atoms with Crippen LogP contribution in [0.1, 0.15) is 23.1 Å². The lowest BCUT2D eigenvalue weighted by molar-refractivity contribution is -0.136. The van der Waals surface area contributed by atoms with E-state index in [1.807, 2.05) is 17.0 Å². The number of carbonyl (C=O) groups is 1. The van der Waals surface area contributed by atoms with Gasteiger partial charge < -0.3 is 9.64 Å². The highest BCUT2D eigenvalue weighted by Gasteiger charge is 2.31. The molecule has 1 amide bonds. The van der Waals surface area contributed by atoms with Gasteiger partial charge in [0.25, 0.3) is 0 Å². The molecule has 1 aromatic heterocycles. The molecule has 4 rings (SSSR count). The molecule has 8 heteroatoms. The lowest BCUT2D eigenvalue weighted by Crippen LogP contribution is -2.40. The highest BCUT2D eigenvalue weighted by molar-refractivity contribution is 7.89. The third-order valence-electron chi connectivity index (χ3n) is 5.62. The van der Waals surface area contributed by atoms with Crippen LogP contribution in [0.25, 0.3) is 0 Å². The second-order valence-corrected chi connectivity index (χ2v) is 9.67. The van der Waals surface area contributed by atoms with Crippen molar-refractivity contribution >= 4 is 15.9 Å². The topological polar surface area (TPSA) is 79.8 Å². The van der Waals surface area contributed by atoms with Gasteiger partial charge in [-0.15, -0.1) is 0 Å². The van der Waals surface area contributed by atoms with Crippen LogP contribution in [0.2, 0.25) is 0 Å². The Morgan fingerprint density at radius 1 is 1.31 bits per heavy atom. The first-order valence-corrected chi connectivity index (χ1v) is 11.2. The summed E-state index contributed by atoms with van der Waals surface area (Å²) in [5, 5.41) is 0. The summed E-state index contributed by atoms with van der Waals surface area (Å²) in [5.74, 6) is 0.0317. The molecule has 1 fully saturated rings. The van der Waals surface area contributed by atoms with Crippen molar-refractivity contribution in [2.75, 3.05) is 26.8 Å². The maximum atomic E-state index is 13.1. The van der Waals surface area contributed by atoms with Gasteiger partial charge >= 0.3 is 0 Å². The van der Waals surface area contributed by atoms with Crippen molar-refractivity contribution < 1.29 is 17.9 Å². The summed E-state index contributed by atoms with van der Waals surface area (Å²) in [4.78, 5) is 18.8. The lowest BCUT2D eigenvalue weighted by atomic mass is 9.98. The maximum absolute atomic E-state index is 13.1. The van der Waals surface area contributed by atoms with Crippen LogP contribution in [0.5, 0.6) is 0 Å². The van der Waals surface area contributed by atoms with Gasteiger partial charge in [0.2, 0.25) is 15.9 Å². The molecule has 0 bridgehead atoms. The molecule has 1 atom stereocenters. The first kappa shape index (κ1) is 20.0. The Morgan fingerprint density at radius 2 is 2.17 bits per heavy atom. The first-order chi connectivity index (χ1) is 13.9. The zero-order chi connectivity index (χ0) is 20.4. The molecule has 1 aromatic carbocycles. The summed E-state index contributed by atoms with van der Waals surface area (Å²) >= 11 is 0. The molecule has 0 aliphatic carbocycles. The fraction of sp³-hybridized carbons (Fsp3) is 0.429. The Labute approximate surface area is 171 Å². The summed E-state index contributed by atoms with van der Waals surface area (Å²) in [5.41, 5.74) is 2.83. The van der Waals surface area contributed by atoms with Gasteiger partial charge in [-0.25, -0.2) is 8.42 Å². The molecule has 0 saturated carbocycles. The number of sulfonamides is 1. The van der Waals surface area contributed by atoms with Crippen molar-refractivity contribution in [1.29, 1.82) is 0 Å². The van der Waals surface area contributed by atoms with Crippen LogP contribution in [0.4, 0.5) is 0 Å². The van der Waals surface area contributed by atoms with Gasteiger partial charge in [-0.2, -0.15) is 4.31 Å². The Kier molecular flexibility index (Phi) is 5.67. The first-order valence-electron chi connectivity index (χ1n) is 9.79. The van der Waals surface area contributed by atoms with E-state index in [-0.39, 0.29) is 23.3 Å². The maximum Gasteiger partial charge on any atom is 0.243 e. The van der Waals surface area contributed by atoms with Crippen molar-refractivity contribution in [1.82, 2.24) is 14.2 Å². The van der Waals surface area contributed by atoms with E-state index in [1.54, 1.807) is 37.6 Å². The molecule has 29 heavy (non-hydrogen) atoms. The molecule has 2 aliphatic heterocycles. The molecular weight excluding hydrogens is 390 g/mol. The quantitative estimate of drug-likeness (QED) is 0.744. The number of hydrogen-bond acceptors (Lipinski definition) is 5. The van der Waals surface area contributed by atoms with Gasteiger partial charge in [0.15, 0.2) is 0 Å². The van der Waals surface area contributed by atoms with Crippen LogP contribution < -0.4 is 0 Å². The number of ether oxygens (including phenoxy) is 1. The number of amides is 1. The molecule has 7 nitrogen and oxygen atoms in total. The minimum atomic E-state index is -3.64. The SMILES string of the molecule is CN(Cc1cccnc1)S(=O)(=O)c1ccc2c(c1)CN(C(=O)C1CCOC1)CC2. The van der Waals surface area contributed by atoms with Gasteiger partial charge in [-0.05, 0) is 47.7 Å². The van der Waals surface area contributed by atoms with E-state index in [4.69, 9.17) is 4.74 Å². The predicted octanol–water partition coefficient (Wildman–Crippen LogP) is 1.82. The zero-order valence-electron chi connectivity index (χ0n) is 16.5. The lowest BCUT2D eigenvalue weighted by Gasteiger charge is -2.31. The number of fused-ring (bicyclic) bond motifs is 1. The second-order valence-electron chi connectivity index (χ2n) is 7.62. The predicted molar refractivity (Wildman–Crippen MR) is 107 cm³/mol. The van der Waals surface area contributed by atoms with E-state index in [2.05, 4.69) is 4.98 Å². The fourth-order valence-corrected chi connectivity index (χ4v) is 5.09. The zero-order valence-corrected chi connectivity index (χ0v) is 17.3. The monoisotopic (exact) mass is 415 g/mol. The highest BCUT2D eigenvalue weighted by atomic mass is 32.2. The van der Waals surface area contributed by atoms with Crippen LogP contribution in [-0.4, -0.2) is 55.3 Å². The summed E-state index contributed by atoms with van der Waals surface area (Å²) in [7, 11) is -2.07. The summed E-state index contributed by atoms with van der Waals surface area (Å²) < 4.78 is 32.8. The van der Waals surface area contributed by atoms with Crippen LogP contribution >= 0.6 is 0 Å².